The Morgan fingerprint density at radius 3 is 2.47 bits per heavy atom. The molecule has 1 aromatic carbocycles. The predicted octanol–water partition coefficient (Wildman–Crippen LogP) is 5.28. The minimum Gasteiger partial charge on any atom is -0.167 e. The van der Waals surface area contributed by atoms with Gasteiger partial charge < -0.3 is 0 Å². The van der Waals surface area contributed by atoms with E-state index in [0.29, 0.717) is 17.8 Å². The van der Waals surface area contributed by atoms with Crippen LogP contribution in [-0.2, 0) is 0 Å². The van der Waals surface area contributed by atoms with E-state index in [4.69, 9.17) is 11.6 Å². The number of hydrogen-bond acceptors (Lipinski definition) is 2. The van der Waals surface area contributed by atoms with E-state index in [1.165, 1.54) is 11.1 Å². The average molecular weight is 279 g/mol. The van der Waals surface area contributed by atoms with Gasteiger partial charge in [0.15, 0.2) is 0 Å². The Balaban J connectivity index is 2.98. The maximum Gasteiger partial charge on any atom is 0.0443 e. The summed E-state index contributed by atoms with van der Waals surface area (Å²) < 4.78 is 0. The van der Waals surface area contributed by atoms with Crippen LogP contribution in [0.3, 0.4) is 0 Å². The number of rotatable bonds is 6. The Morgan fingerprint density at radius 2 is 2.00 bits per heavy atom. The number of halogens is 1. The van der Waals surface area contributed by atoms with E-state index >= 15 is 0 Å². The molecule has 2 atom stereocenters. The first-order valence-corrected chi connectivity index (χ1v) is 7.17. The molecule has 0 aliphatic heterocycles. The van der Waals surface area contributed by atoms with Crippen molar-refractivity contribution in [3.8, 4) is 0 Å². The number of nitrogens with zero attached hydrogens (tertiary/aromatic N) is 2. The molecule has 0 radical (unpaired) electrons. The molecule has 1 rings (SSSR count). The van der Waals surface area contributed by atoms with Crippen molar-refractivity contribution in [2.45, 2.75) is 46.0 Å². The van der Waals surface area contributed by atoms with Gasteiger partial charge in [-0.1, -0.05) is 51.4 Å². The molecule has 0 amide bonds. The summed E-state index contributed by atoms with van der Waals surface area (Å²) in [5, 5.41) is 8.32. The summed E-state index contributed by atoms with van der Waals surface area (Å²) in [5.41, 5.74) is 2.45. The third-order valence-corrected chi connectivity index (χ3v) is 3.95. The van der Waals surface area contributed by atoms with Crippen LogP contribution in [0.25, 0.3) is 0 Å². The second kappa shape index (κ2) is 7.44. The SMILES string of the molecule is C=NN=CC(CC)C(C)c1ccc(C(C)C)c(Cl)c1. The van der Waals surface area contributed by atoms with Crippen LogP contribution >= 0.6 is 11.6 Å². The van der Waals surface area contributed by atoms with Crippen LogP contribution in [0.5, 0.6) is 0 Å². The van der Waals surface area contributed by atoms with Gasteiger partial charge in [-0.25, -0.2) is 0 Å². The first kappa shape index (κ1) is 15.9. The normalized spacial score (nSPS) is 14.8. The van der Waals surface area contributed by atoms with Gasteiger partial charge in [-0.2, -0.15) is 10.2 Å². The summed E-state index contributed by atoms with van der Waals surface area (Å²) in [4.78, 5) is 0. The van der Waals surface area contributed by atoms with Gasteiger partial charge in [-0.15, -0.1) is 0 Å². The van der Waals surface area contributed by atoms with Crippen molar-refractivity contribution in [1.82, 2.24) is 0 Å². The van der Waals surface area contributed by atoms with E-state index in [1.807, 2.05) is 6.21 Å². The smallest absolute Gasteiger partial charge is 0.0443 e. The molecule has 0 aromatic heterocycles. The lowest BCUT2D eigenvalue weighted by Crippen LogP contribution is -2.11. The topological polar surface area (TPSA) is 24.7 Å². The van der Waals surface area contributed by atoms with E-state index in [-0.39, 0.29) is 0 Å². The van der Waals surface area contributed by atoms with Crippen molar-refractivity contribution >= 4 is 24.5 Å². The lowest BCUT2D eigenvalue weighted by Gasteiger charge is -2.20. The van der Waals surface area contributed by atoms with E-state index in [1.54, 1.807) is 0 Å². The molecule has 0 bridgehead atoms. The third-order valence-electron chi connectivity index (χ3n) is 3.63. The van der Waals surface area contributed by atoms with Crippen molar-refractivity contribution in [2.24, 2.45) is 16.1 Å². The van der Waals surface area contributed by atoms with Gasteiger partial charge in [0.1, 0.15) is 0 Å². The third kappa shape index (κ3) is 4.17. The molecule has 19 heavy (non-hydrogen) atoms. The summed E-state index contributed by atoms with van der Waals surface area (Å²) in [5.74, 6) is 1.17. The molecule has 2 nitrogen and oxygen atoms in total. The van der Waals surface area contributed by atoms with E-state index in [2.05, 4.69) is 62.8 Å². The number of benzene rings is 1. The summed E-state index contributed by atoms with van der Waals surface area (Å²) in [6.07, 6.45) is 2.89. The molecule has 0 aliphatic rings. The van der Waals surface area contributed by atoms with Crippen molar-refractivity contribution < 1.29 is 0 Å². The minimum atomic E-state index is 0.353. The molecule has 0 aliphatic carbocycles. The summed E-state index contributed by atoms with van der Waals surface area (Å²) in [6, 6.07) is 6.39. The van der Waals surface area contributed by atoms with Crippen LogP contribution in [-0.4, -0.2) is 12.9 Å². The Labute approximate surface area is 121 Å². The zero-order valence-corrected chi connectivity index (χ0v) is 13.0. The van der Waals surface area contributed by atoms with Gasteiger partial charge in [0.2, 0.25) is 0 Å². The van der Waals surface area contributed by atoms with Crippen LogP contribution < -0.4 is 0 Å². The molecule has 0 saturated carbocycles. The molecule has 0 fully saturated rings. The molecule has 1 aromatic rings. The quantitative estimate of drug-likeness (QED) is 0.500. The first-order valence-electron chi connectivity index (χ1n) is 6.79. The Bertz CT molecular complexity index is 452. The van der Waals surface area contributed by atoms with E-state index < -0.39 is 0 Å². The fraction of sp³-hybridized carbons (Fsp3) is 0.500. The largest absolute Gasteiger partial charge is 0.167 e. The summed E-state index contributed by atoms with van der Waals surface area (Å²) in [7, 11) is 0. The highest BCUT2D eigenvalue weighted by Gasteiger charge is 2.17. The van der Waals surface area contributed by atoms with Crippen molar-refractivity contribution in [3.05, 3.63) is 34.3 Å². The van der Waals surface area contributed by atoms with Gasteiger partial charge >= 0.3 is 0 Å². The van der Waals surface area contributed by atoms with Gasteiger partial charge in [0.25, 0.3) is 0 Å². The molecular weight excluding hydrogens is 256 g/mol. The molecule has 0 spiro atoms. The highest BCUT2D eigenvalue weighted by molar-refractivity contribution is 6.31. The molecule has 0 N–H and O–H groups in total. The van der Waals surface area contributed by atoms with Crippen LogP contribution in [0.4, 0.5) is 0 Å². The van der Waals surface area contributed by atoms with E-state index in [0.717, 1.165) is 11.4 Å². The fourth-order valence-electron chi connectivity index (χ4n) is 2.26. The Morgan fingerprint density at radius 1 is 1.32 bits per heavy atom. The zero-order chi connectivity index (χ0) is 14.4. The maximum absolute atomic E-state index is 6.36. The monoisotopic (exact) mass is 278 g/mol. The average Bonchev–Trinajstić information content (AvgIpc) is 2.38. The Hall–Kier alpha value is -1.15. The van der Waals surface area contributed by atoms with Gasteiger partial charge in [0, 0.05) is 23.9 Å². The van der Waals surface area contributed by atoms with Crippen LogP contribution in [0.15, 0.2) is 28.4 Å². The van der Waals surface area contributed by atoms with Gasteiger partial charge in [-0.05, 0) is 35.4 Å². The van der Waals surface area contributed by atoms with Gasteiger partial charge in [0.05, 0.1) is 0 Å². The van der Waals surface area contributed by atoms with Crippen molar-refractivity contribution in [1.29, 1.82) is 0 Å². The molecular formula is C16H23ClN2. The predicted molar refractivity (Wildman–Crippen MR) is 85.8 cm³/mol. The molecule has 104 valence electrons. The maximum atomic E-state index is 6.36. The zero-order valence-electron chi connectivity index (χ0n) is 12.2. The number of hydrogen-bond donors (Lipinski definition) is 0. The fourth-order valence-corrected chi connectivity index (χ4v) is 2.67. The summed E-state index contributed by atoms with van der Waals surface area (Å²) in [6.45, 7) is 12.0. The summed E-state index contributed by atoms with van der Waals surface area (Å²) >= 11 is 6.36. The van der Waals surface area contributed by atoms with Crippen molar-refractivity contribution in [3.63, 3.8) is 0 Å². The van der Waals surface area contributed by atoms with Crippen LogP contribution in [0, 0.1) is 5.92 Å². The van der Waals surface area contributed by atoms with Crippen molar-refractivity contribution in [2.75, 3.05) is 0 Å². The second-order valence-electron chi connectivity index (χ2n) is 5.20. The first-order chi connectivity index (χ1) is 9.01. The van der Waals surface area contributed by atoms with E-state index in [9.17, 15) is 0 Å². The van der Waals surface area contributed by atoms with Gasteiger partial charge in [-0.3, -0.25) is 0 Å². The molecule has 0 saturated heterocycles. The standard InChI is InChI=1S/C16H23ClN2/c1-6-13(10-19-18-5)12(4)14-7-8-15(11(2)3)16(17)9-14/h7-13H,5-6H2,1-4H3. The minimum absolute atomic E-state index is 0.353. The molecule has 2 unspecified atom stereocenters. The lowest BCUT2D eigenvalue weighted by atomic mass is 9.85. The second-order valence-corrected chi connectivity index (χ2v) is 5.61. The van der Waals surface area contributed by atoms with Crippen LogP contribution in [0.2, 0.25) is 5.02 Å². The molecule has 3 heteroatoms. The molecule has 0 heterocycles. The Kier molecular flexibility index (Phi) is 6.23. The lowest BCUT2D eigenvalue weighted by molar-refractivity contribution is 0.565. The highest BCUT2D eigenvalue weighted by Crippen LogP contribution is 2.31. The highest BCUT2D eigenvalue weighted by atomic mass is 35.5. The van der Waals surface area contributed by atoms with Crippen LogP contribution in [0.1, 0.15) is 57.1 Å².